The molecule has 1 aliphatic heterocycles. The average Bonchev–Trinajstić information content (AvgIpc) is 3.37. The second-order valence-corrected chi connectivity index (χ2v) is 8.90. The largest absolute Gasteiger partial charge is 0.478 e. The number of carboxylic acid groups (broad SMARTS) is 1. The van der Waals surface area contributed by atoms with Gasteiger partial charge in [-0.05, 0) is 65.0 Å². The Morgan fingerprint density at radius 2 is 2.03 bits per heavy atom. The van der Waals surface area contributed by atoms with Crippen LogP contribution < -0.4 is 0 Å². The molecule has 4 heterocycles. The van der Waals surface area contributed by atoms with Gasteiger partial charge in [0.2, 0.25) is 0 Å². The lowest BCUT2D eigenvalue weighted by Gasteiger charge is -2.17. The Balaban J connectivity index is 1.65. The number of ketones is 1. The van der Waals surface area contributed by atoms with Gasteiger partial charge in [0.25, 0.3) is 0 Å². The first-order valence-corrected chi connectivity index (χ1v) is 10.8. The van der Waals surface area contributed by atoms with Gasteiger partial charge in [0.15, 0.2) is 11.6 Å². The van der Waals surface area contributed by atoms with Crippen LogP contribution in [0.15, 0.2) is 34.9 Å². The van der Waals surface area contributed by atoms with Crippen molar-refractivity contribution >= 4 is 49.7 Å². The van der Waals surface area contributed by atoms with Crippen LogP contribution >= 0.6 is 15.9 Å². The van der Waals surface area contributed by atoms with Crippen molar-refractivity contribution in [3.63, 3.8) is 0 Å². The molecule has 1 saturated carbocycles. The van der Waals surface area contributed by atoms with Gasteiger partial charge in [-0.3, -0.25) is 4.79 Å². The van der Waals surface area contributed by atoms with Crippen LogP contribution in [-0.2, 0) is 13.1 Å². The lowest BCUT2D eigenvalue weighted by molar-refractivity contribution is 0.0697. The summed E-state index contributed by atoms with van der Waals surface area (Å²) in [7, 11) is 0. The van der Waals surface area contributed by atoms with Crippen molar-refractivity contribution in [3.05, 3.63) is 46.1 Å². The molecule has 0 radical (unpaired) electrons. The van der Waals surface area contributed by atoms with Crippen molar-refractivity contribution in [2.45, 2.75) is 32.4 Å². The summed E-state index contributed by atoms with van der Waals surface area (Å²) < 4.78 is 5.06. The Labute approximate surface area is 179 Å². The number of pyridine rings is 1. The number of carboxylic acids is 1. The molecule has 150 valence electrons. The molecule has 0 bridgehead atoms. The first kappa shape index (κ1) is 17.8. The van der Waals surface area contributed by atoms with E-state index in [1.807, 2.05) is 12.1 Å². The number of fused-ring (bicyclic) bond motifs is 1. The van der Waals surface area contributed by atoms with E-state index >= 15 is 0 Å². The van der Waals surface area contributed by atoms with Crippen LogP contribution in [0.4, 0.5) is 0 Å². The highest BCUT2D eigenvalue weighted by molar-refractivity contribution is 9.10. The number of halogens is 1. The second-order valence-electron chi connectivity index (χ2n) is 8.09. The number of hydrogen-bond donors (Lipinski definition) is 1. The first-order valence-electron chi connectivity index (χ1n) is 9.96. The lowest BCUT2D eigenvalue weighted by Crippen LogP contribution is -2.16. The molecule has 0 amide bonds. The van der Waals surface area contributed by atoms with Crippen molar-refractivity contribution in [1.82, 2.24) is 19.1 Å². The Morgan fingerprint density at radius 3 is 2.80 bits per heavy atom. The Hall–Kier alpha value is -3.00. The quantitative estimate of drug-likeness (QED) is 0.448. The highest BCUT2D eigenvalue weighted by atomic mass is 79.9. The maximum atomic E-state index is 12.5. The van der Waals surface area contributed by atoms with Gasteiger partial charge in [-0.25, -0.2) is 14.8 Å². The van der Waals surface area contributed by atoms with Crippen LogP contribution in [0.5, 0.6) is 0 Å². The van der Waals surface area contributed by atoms with E-state index in [-0.39, 0.29) is 11.3 Å². The highest BCUT2D eigenvalue weighted by Gasteiger charge is 2.29. The molecule has 0 unspecified atom stereocenters. The molecule has 6 rings (SSSR count). The molecule has 1 aliphatic carbocycles. The summed E-state index contributed by atoms with van der Waals surface area (Å²) in [6.45, 7) is 1.41. The van der Waals surface area contributed by atoms with E-state index in [9.17, 15) is 14.7 Å². The van der Waals surface area contributed by atoms with Gasteiger partial charge in [-0.1, -0.05) is 0 Å². The number of hydrogen-bond acceptors (Lipinski definition) is 4. The van der Waals surface area contributed by atoms with Gasteiger partial charge in [0.1, 0.15) is 10.3 Å². The van der Waals surface area contributed by atoms with E-state index in [0.717, 1.165) is 39.2 Å². The van der Waals surface area contributed by atoms with Crippen LogP contribution in [0.3, 0.4) is 0 Å². The minimum absolute atomic E-state index is 0.0360. The predicted molar refractivity (Wildman–Crippen MR) is 115 cm³/mol. The van der Waals surface area contributed by atoms with Gasteiger partial charge >= 0.3 is 5.97 Å². The topological polar surface area (TPSA) is 90.0 Å². The number of aromatic carboxylic acids is 1. The zero-order valence-corrected chi connectivity index (χ0v) is 17.5. The second kappa shape index (κ2) is 6.25. The summed E-state index contributed by atoms with van der Waals surface area (Å²) >= 11 is 3.48. The number of nitrogens with zero attached hydrogens (tertiary/aromatic N) is 4. The fourth-order valence-corrected chi connectivity index (χ4v) is 4.70. The number of carbonyl (C=O) groups excluding carboxylic acids is 1. The molecule has 0 spiro atoms. The Kier molecular flexibility index (Phi) is 3.71. The third-order valence-corrected chi connectivity index (χ3v) is 6.47. The predicted octanol–water partition coefficient (Wildman–Crippen LogP) is 4.51. The van der Waals surface area contributed by atoms with Crippen LogP contribution in [-0.4, -0.2) is 36.0 Å². The van der Waals surface area contributed by atoms with E-state index in [1.165, 1.54) is 18.9 Å². The molecule has 1 N–H and O–H groups in total. The van der Waals surface area contributed by atoms with Crippen molar-refractivity contribution in [2.75, 3.05) is 0 Å². The van der Waals surface area contributed by atoms with Crippen LogP contribution in [0, 0.1) is 5.92 Å². The Bertz CT molecular complexity index is 1400. The van der Waals surface area contributed by atoms with E-state index in [2.05, 4.69) is 31.1 Å². The molecule has 8 heteroatoms. The van der Waals surface area contributed by atoms with Crippen molar-refractivity contribution in [3.8, 4) is 11.5 Å². The van der Waals surface area contributed by atoms with E-state index < -0.39 is 5.97 Å². The van der Waals surface area contributed by atoms with Gasteiger partial charge < -0.3 is 14.2 Å². The molecule has 0 saturated heterocycles. The molecule has 7 nitrogen and oxygen atoms in total. The molecule has 1 aromatic carbocycles. The lowest BCUT2D eigenvalue weighted by atomic mass is 10.00. The highest BCUT2D eigenvalue weighted by Crippen LogP contribution is 2.38. The number of carbonyl (C=O) groups is 2. The monoisotopic (exact) mass is 464 g/mol. The normalized spacial score (nSPS) is 16.0. The van der Waals surface area contributed by atoms with E-state index in [4.69, 9.17) is 9.97 Å². The first-order chi connectivity index (χ1) is 14.5. The Morgan fingerprint density at radius 1 is 1.20 bits per heavy atom. The number of imidazole rings is 1. The van der Waals surface area contributed by atoms with Crippen molar-refractivity contribution < 1.29 is 14.7 Å². The van der Waals surface area contributed by atoms with Gasteiger partial charge in [-0.15, -0.1) is 0 Å². The maximum absolute atomic E-state index is 12.5. The number of aryl methyl sites for hydroxylation is 1. The third kappa shape index (κ3) is 2.63. The smallest absolute Gasteiger partial charge is 0.335 e. The number of Topliss-reactive ketones (excluding diaryl/α,β-unsaturated/α-hetero) is 1. The molecular formula is C22H17BrN4O3. The van der Waals surface area contributed by atoms with E-state index in [0.29, 0.717) is 30.0 Å². The molecule has 3 aromatic heterocycles. The van der Waals surface area contributed by atoms with Gasteiger partial charge in [0.05, 0.1) is 22.3 Å². The molecule has 2 aliphatic rings. The minimum Gasteiger partial charge on any atom is -0.478 e. The minimum atomic E-state index is -1.06. The summed E-state index contributed by atoms with van der Waals surface area (Å²) in [6, 6.07) is 9.09. The SMILES string of the molecule is O=C(O)c1cc2c3c(c1)nc(-c1cc4ccc(Br)nc4n1CC1CC1)n3CCC2=O. The maximum Gasteiger partial charge on any atom is 0.335 e. The number of rotatable bonds is 4. The van der Waals surface area contributed by atoms with Crippen molar-refractivity contribution in [2.24, 2.45) is 5.92 Å². The number of aromatic nitrogens is 4. The van der Waals surface area contributed by atoms with Gasteiger partial charge in [0, 0.05) is 30.5 Å². The van der Waals surface area contributed by atoms with Crippen LogP contribution in [0.25, 0.3) is 33.6 Å². The third-order valence-electron chi connectivity index (χ3n) is 6.03. The summed E-state index contributed by atoms with van der Waals surface area (Å²) in [5.41, 5.74) is 3.67. The van der Waals surface area contributed by atoms with Crippen LogP contribution in [0.1, 0.15) is 40.0 Å². The fraction of sp³-hybridized carbons (Fsp3) is 0.273. The summed E-state index contributed by atoms with van der Waals surface area (Å²) in [5.74, 6) is 0.309. The molecule has 0 atom stereocenters. The molecule has 4 aromatic rings. The fourth-order valence-electron chi connectivity index (χ4n) is 4.40. The zero-order chi connectivity index (χ0) is 20.6. The molecule has 1 fully saturated rings. The van der Waals surface area contributed by atoms with Crippen molar-refractivity contribution in [1.29, 1.82) is 0 Å². The summed E-state index contributed by atoms with van der Waals surface area (Å²) in [5, 5.41) is 10.5. The average molecular weight is 465 g/mol. The standard InChI is InChI=1S/C22H17BrN4O3/c23-18-4-3-12-9-16(27(20(12)25-18)10-11-1-2-11)21-24-15-8-13(22(29)30)7-14-17(28)5-6-26(21)19(14)15/h3-4,7-9,11H,1-2,5-6,10H2,(H,29,30). The van der Waals surface area contributed by atoms with E-state index in [1.54, 1.807) is 6.07 Å². The number of benzene rings is 1. The summed E-state index contributed by atoms with van der Waals surface area (Å²) in [6.07, 6.45) is 2.76. The van der Waals surface area contributed by atoms with Gasteiger partial charge in [-0.2, -0.15) is 0 Å². The van der Waals surface area contributed by atoms with Crippen LogP contribution in [0.2, 0.25) is 0 Å². The molecular weight excluding hydrogens is 448 g/mol. The zero-order valence-electron chi connectivity index (χ0n) is 15.9. The summed E-state index contributed by atoms with van der Waals surface area (Å²) in [4.78, 5) is 33.6. The molecule has 30 heavy (non-hydrogen) atoms.